The van der Waals surface area contributed by atoms with Crippen LogP contribution >= 0.6 is 11.3 Å². The molecule has 1 atom stereocenters. The van der Waals surface area contributed by atoms with Crippen LogP contribution < -0.4 is 26.2 Å². The van der Waals surface area contributed by atoms with Crippen molar-refractivity contribution in [2.75, 3.05) is 10.6 Å². The minimum atomic E-state index is -1.43. The van der Waals surface area contributed by atoms with Crippen LogP contribution in [0.1, 0.15) is 24.0 Å². The van der Waals surface area contributed by atoms with E-state index in [1.165, 1.54) is 35.9 Å². The summed E-state index contributed by atoms with van der Waals surface area (Å²) in [4.78, 5) is 34.1. The van der Waals surface area contributed by atoms with Crippen LogP contribution in [-0.4, -0.2) is 28.8 Å². The van der Waals surface area contributed by atoms with Gasteiger partial charge in [-0.1, -0.05) is 23.5 Å². The number of benzene rings is 3. The number of carbonyl (C=O) groups is 2. The molecular formula is C28H22FN7O3S. The van der Waals surface area contributed by atoms with E-state index in [1.54, 1.807) is 42.5 Å². The average molecular weight is 556 g/mol. The Balaban J connectivity index is 1.17. The van der Waals surface area contributed by atoms with Gasteiger partial charge >= 0.3 is 0 Å². The predicted octanol–water partition coefficient (Wildman–Crippen LogP) is 4.46. The summed E-state index contributed by atoms with van der Waals surface area (Å²) in [6.07, 6.45) is 3.34. The maximum Gasteiger partial charge on any atom is 0.269 e. The summed E-state index contributed by atoms with van der Waals surface area (Å²) >= 11 is 1.34. The summed E-state index contributed by atoms with van der Waals surface area (Å²) < 4.78 is 21.5. The van der Waals surface area contributed by atoms with Gasteiger partial charge in [0.25, 0.3) is 5.91 Å². The lowest BCUT2D eigenvalue weighted by Crippen LogP contribution is -2.55. The number of aliphatic imine (C=N–C) groups is 1. The molecule has 3 aromatic carbocycles. The number of ether oxygens (including phenoxy) is 1. The lowest BCUT2D eigenvalue weighted by molar-refractivity contribution is -0.122. The number of carbonyl (C=O) groups excluding carboxylic acids is 2. The van der Waals surface area contributed by atoms with Crippen molar-refractivity contribution in [1.82, 2.24) is 15.8 Å². The van der Waals surface area contributed by atoms with Crippen LogP contribution in [0, 0.1) is 23.1 Å². The average Bonchev–Trinajstić information content (AvgIpc) is 3.58. The van der Waals surface area contributed by atoms with Crippen molar-refractivity contribution >= 4 is 50.5 Å². The molecule has 10 nitrogen and oxygen atoms in total. The zero-order chi connectivity index (χ0) is 27.7. The van der Waals surface area contributed by atoms with Gasteiger partial charge in [-0.05, 0) is 54.8 Å². The lowest BCUT2D eigenvalue weighted by Gasteiger charge is -2.25. The Morgan fingerprint density at radius 1 is 1.10 bits per heavy atom. The van der Waals surface area contributed by atoms with Crippen LogP contribution in [0.4, 0.5) is 15.2 Å². The fraction of sp³-hybridized carbons (Fsp3) is 0.179. The van der Waals surface area contributed by atoms with E-state index in [0.717, 1.165) is 28.6 Å². The van der Waals surface area contributed by atoms with Gasteiger partial charge in [0, 0.05) is 24.5 Å². The highest BCUT2D eigenvalue weighted by molar-refractivity contribution is 7.22. The highest BCUT2D eigenvalue weighted by atomic mass is 32.1. The summed E-state index contributed by atoms with van der Waals surface area (Å²) in [7, 11) is 0. The molecule has 1 aliphatic carbocycles. The van der Waals surface area contributed by atoms with Crippen molar-refractivity contribution in [3.05, 3.63) is 77.6 Å². The highest BCUT2D eigenvalue weighted by Crippen LogP contribution is 2.35. The van der Waals surface area contributed by atoms with E-state index in [1.807, 2.05) is 0 Å². The molecule has 1 unspecified atom stereocenters. The first-order valence-corrected chi connectivity index (χ1v) is 13.3. The summed E-state index contributed by atoms with van der Waals surface area (Å²) in [5.41, 5.74) is 6.04. The number of rotatable bonds is 8. The molecule has 2 heterocycles. The van der Waals surface area contributed by atoms with E-state index < -0.39 is 17.4 Å². The van der Waals surface area contributed by atoms with Gasteiger partial charge in [-0.25, -0.2) is 19.8 Å². The van der Waals surface area contributed by atoms with Crippen LogP contribution in [0.15, 0.2) is 65.7 Å². The van der Waals surface area contributed by atoms with Crippen LogP contribution in [0.5, 0.6) is 11.5 Å². The number of nitrogens with zero attached hydrogens (tertiary/aromatic N) is 3. The third-order valence-electron chi connectivity index (χ3n) is 6.51. The summed E-state index contributed by atoms with van der Waals surface area (Å²) in [6, 6.07) is 18.2. The molecule has 2 aliphatic rings. The van der Waals surface area contributed by atoms with Gasteiger partial charge in [-0.3, -0.25) is 9.59 Å². The lowest BCUT2D eigenvalue weighted by atomic mass is 9.98. The molecule has 4 N–H and O–H groups in total. The van der Waals surface area contributed by atoms with E-state index >= 15 is 0 Å². The Morgan fingerprint density at radius 2 is 1.88 bits per heavy atom. The van der Waals surface area contributed by atoms with Crippen molar-refractivity contribution in [1.29, 1.82) is 5.26 Å². The van der Waals surface area contributed by atoms with E-state index in [2.05, 4.69) is 37.5 Å². The third kappa shape index (κ3) is 5.33. The SMILES string of the molecule is N#Cc1ccc(CC2(C(=O)Nc3cc(Oc4ccc5nc(NC(=O)C6CC6)sc5c4)ccc3F)N=CNN2)cc1. The number of anilines is 2. The molecule has 0 bridgehead atoms. The molecule has 1 saturated carbocycles. The molecule has 0 spiro atoms. The number of hydrogen-bond acceptors (Lipinski definition) is 9. The second kappa shape index (κ2) is 10.4. The zero-order valence-corrected chi connectivity index (χ0v) is 21.7. The molecule has 1 aliphatic heterocycles. The number of halogens is 1. The second-order valence-electron chi connectivity index (χ2n) is 9.48. The summed E-state index contributed by atoms with van der Waals surface area (Å²) in [5.74, 6) is -0.352. The largest absolute Gasteiger partial charge is 0.457 e. The number of fused-ring (bicyclic) bond motifs is 1. The molecule has 1 aromatic heterocycles. The summed E-state index contributed by atoms with van der Waals surface area (Å²) in [6.45, 7) is 0. The second-order valence-corrected chi connectivity index (χ2v) is 10.5. The maximum atomic E-state index is 14.8. The molecule has 6 rings (SSSR count). The Morgan fingerprint density at radius 3 is 2.60 bits per heavy atom. The molecule has 200 valence electrons. The maximum absolute atomic E-state index is 14.8. The Kier molecular flexibility index (Phi) is 6.59. The van der Waals surface area contributed by atoms with Crippen molar-refractivity contribution in [3.63, 3.8) is 0 Å². The van der Waals surface area contributed by atoms with Crippen LogP contribution in [0.25, 0.3) is 10.2 Å². The normalized spacial score (nSPS) is 17.7. The number of nitriles is 1. The Bertz CT molecular complexity index is 1690. The molecule has 0 saturated heterocycles. The van der Waals surface area contributed by atoms with E-state index in [9.17, 15) is 14.0 Å². The first kappa shape index (κ1) is 25.4. The molecule has 1 fully saturated rings. The number of hydrazine groups is 1. The number of aromatic nitrogens is 1. The van der Waals surface area contributed by atoms with Gasteiger partial charge in [0.2, 0.25) is 11.6 Å². The van der Waals surface area contributed by atoms with E-state index in [4.69, 9.17) is 10.00 Å². The van der Waals surface area contributed by atoms with Crippen LogP contribution in [0.2, 0.25) is 0 Å². The topological polar surface area (TPSA) is 141 Å². The highest BCUT2D eigenvalue weighted by Gasteiger charge is 2.40. The van der Waals surface area contributed by atoms with Gasteiger partial charge in [0.05, 0.1) is 33.9 Å². The minimum Gasteiger partial charge on any atom is -0.457 e. The van der Waals surface area contributed by atoms with Gasteiger partial charge < -0.3 is 20.8 Å². The van der Waals surface area contributed by atoms with Crippen LogP contribution in [-0.2, 0) is 16.0 Å². The Labute approximate surface area is 231 Å². The zero-order valence-electron chi connectivity index (χ0n) is 20.9. The van der Waals surface area contributed by atoms with E-state index in [-0.39, 0.29) is 23.9 Å². The molecule has 4 aromatic rings. The number of amides is 2. The fourth-order valence-corrected chi connectivity index (χ4v) is 5.10. The smallest absolute Gasteiger partial charge is 0.269 e. The first-order chi connectivity index (χ1) is 19.4. The molecule has 0 radical (unpaired) electrons. The standard InChI is InChI=1S/C28H22FN7O3S/c29-21-9-7-19(39-20-8-10-22-24(12-20)40-27(34-22)35-25(37)18-5-6-18)11-23(21)33-26(38)28(31-15-32-36-28)13-16-1-3-17(14-30)4-2-16/h1-4,7-12,15,18,36H,5-6,13H2,(H,31,32)(H,33,38)(H,34,35,37). The van der Waals surface area contributed by atoms with Gasteiger partial charge in [0.1, 0.15) is 17.3 Å². The third-order valence-corrected chi connectivity index (χ3v) is 7.44. The van der Waals surface area contributed by atoms with Gasteiger partial charge in [0.15, 0.2) is 5.13 Å². The molecule has 2 amide bonds. The molecule has 40 heavy (non-hydrogen) atoms. The number of thiazole rings is 1. The van der Waals surface area contributed by atoms with Gasteiger partial charge in [-0.2, -0.15) is 5.26 Å². The van der Waals surface area contributed by atoms with E-state index in [0.29, 0.717) is 22.2 Å². The minimum absolute atomic E-state index is 0.00984. The fourth-order valence-electron chi connectivity index (χ4n) is 4.20. The number of hydrogen-bond donors (Lipinski definition) is 4. The molecular weight excluding hydrogens is 533 g/mol. The first-order valence-electron chi connectivity index (χ1n) is 12.5. The monoisotopic (exact) mass is 555 g/mol. The van der Waals surface area contributed by atoms with Crippen molar-refractivity contribution < 1.29 is 18.7 Å². The quantitative estimate of drug-likeness (QED) is 0.252. The summed E-state index contributed by atoms with van der Waals surface area (Å²) in [5, 5.41) is 15.0. The van der Waals surface area contributed by atoms with Crippen molar-refractivity contribution in [3.8, 4) is 17.6 Å². The Hall–Kier alpha value is -4.86. The predicted molar refractivity (Wildman–Crippen MR) is 148 cm³/mol. The molecule has 12 heteroatoms. The van der Waals surface area contributed by atoms with Crippen LogP contribution in [0.3, 0.4) is 0 Å². The van der Waals surface area contributed by atoms with Crippen molar-refractivity contribution in [2.45, 2.75) is 24.9 Å². The van der Waals surface area contributed by atoms with Gasteiger partial charge in [-0.15, -0.1) is 0 Å². The van der Waals surface area contributed by atoms with Crippen molar-refractivity contribution in [2.24, 2.45) is 10.9 Å². The number of nitrogens with one attached hydrogen (secondary N) is 4.